The molecule has 0 bridgehead atoms. The molecule has 0 spiro atoms. The SMILES string of the molecule is CCC(C)Oc1ccc(C2(C)NC(=O)c3ccccc3N2)cc1. The molecule has 2 aromatic rings. The fraction of sp³-hybridized carbons (Fsp3) is 0.316. The molecule has 0 fully saturated rings. The first-order valence-electron chi connectivity index (χ1n) is 7.99. The molecule has 3 rings (SSSR count). The lowest BCUT2D eigenvalue weighted by atomic mass is 9.96. The van der Waals surface area contributed by atoms with E-state index in [0.717, 1.165) is 23.4 Å². The normalized spacial score (nSPS) is 20.9. The molecular formula is C19H22N2O2. The molecule has 1 aliphatic heterocycles. The first-order chi connectivity index (χ1) is 11.0. The second kappa shape index (κ2) is 5.95. The van der Waals surface area contributed by atoms with Gasteiger partial charge in [-0.15, -0.1) is 0 Å². The van der Waals surface area contributed by atoms with Crippen LogP contribution in [0, 0.1) is 0 Å². The summed E-state index contributed by atoms with van der Waals surface area (Å²) >= 11 is 0. The summed E-state index contributed by atoms with van der Waals surface area (Å²) in [5, 5.41) is 6.46. The second-order valence-corrected chi connectivity index (χ2v) is 6.11. The lowest BCUT2D eigenvalue weighted by Crippen LogP contribution is -2.52. The fourth-order valence-electron chi connectivity index (χ4n) is 2.71. The largest absolute Gasteiger partial charge is 0.491 e. The number of fused-ring (bicyclic) bond motifs is 1. The maximum atomic E-state index is 12.3. The smallest absolute Gasteiger partial charge is 0.255 e. The van der Waals surface area contributed by atoms with Gasteiger partial charge in [-0.1, -0.05) is 31.2 Å². The molecule has 0 saturated heterocycles. The third-order valence-electron chi connectivity index (χ3n) is 4.26. The Hall–Kier alpha value is -2.49. The highest BCUT2D eigenvalue weighted by molar-refractivity contribution is 6.02. The molecule has 1 aliphatic rings. The van der Waals surface area contributed by atoms with Gasteiger partial charge in [0, 0.05) is 5.69 Å². The van der Waals surface area contributed by atoms with Crippen molar-refractivity contribution in [1.82, 2.24) is 5.32 Å². The van der Waals surface area contributed by atoms with Crippen LogP contribution in [-0.2, 0) is 5.66 Å². The number of hydrogen-bond acceptors (Lipinski definition) is 3. The number of rotatable bonds is 4. The highest BCUT2D eigenvalue weighted by Gasteiger charge is 2.34. The van der Waals surface area contributed by atoms with E-state index in [1.807, 2.05) is 55.5 Å². The zero-order valence-electron chi connectivity index (χ0n) is 13.7. The van der Waals surface area contributed by atoms with E-state index in [1.54, 1.807) is 0 Å². The van der Waals surface area contributed by atoms with E-state index in [-0.39, 0.29) is 12.0 Å². The maximum absolute atomic E-state index is 12.3. The van der Waals surface area contributed by atoms with Crippen LogP contribution < -0.4 is 15.4 Å². The summed E-state index contributed by atoms with van der Waals surface area (Å²) in [7, 11) is 0. The summed E-state index contributed by atoms with van der Waals surface area (Å²) in [6.45, 7) is 6.11. The Balaban J connectivity index is 1.85. The molecule has 4 nitrogen and oxygen atoms in total. The maximum Gasteiger partial charge on any atom is 0.255 e. The van der Waals surface area contributed by atoms with Gasteiger partial charge >= 0.3 is 0 Å². The highest BCUT2D eigenvalue weighted by Crippen LogP contribution is 2.31. The monoisotopic (exact) mass is 310 g/mol. The molecule has 1 heterocycles. The number of nitrogens with one attached hydrogen (secondary N) is 2. The Kier molecular flexibility index (Phi) is 3.99. The van der Waals surface area contributed by atoms with Gasteiger partial charge < -0.3 is 15.4 Å². The first kappa shape index (κ1) is 15.4. The van der Waals surface area contributed by atoms with E-state index >= 15 is 0 Å². The van der Waals surface area contributed by atoms with Crippen molar-refractivity contribution in [2.24, 2.45) is 0 Å². The lowest BCUT2D eigenvalue weighted by molar-refractivity contribution is 0.0906. The molecule has 120 valence electrons. The average Bonchev–Trinajstić information content (AvgIpc) is 2.55. The van der Waals surface area contributed by atoms with E-state index in [2.05, 4.69) is 24.5 Å². The van der Waals surface area contributed by atoms with Crippen LogP contribution in [0.3, 0.4) is 0 Å². The van der Waals surface area contributed by atoms with Crippen molar-refractivity contribution in [1.29, 1.82) is 0 Å². The van der Waals surface area contributed by atoms with Crippen molar-refractivity contribution in [2.45, 2.75) is 39.0 Å². The zero-order valence-corrected chi connectivity index (χ0v) is 13.7. The van der Waals surface area contributed by atoms with E-state index in [9.17, 15) is 4.79 Å². The summed E-state index contributed by atoms with van der Waals surface area (Å²) in [4.78, 5) is 12.3. The van der Waals surface area contributed by atoms with Gasteiger partial charge in [0.25, 0.3) is 5.91 Å². The number of hydrogen-bond donors (Lipinski definition) is 2. The second-order valence-electron chi connectivity index (χ2n) is 6.11. The molecule has 1 amide bonds. The van der Waals surface area contributed by atoms with Gasteiger partial charge in [-0.05, 0) is 50.1 Å². The minimum absolute atomic E-state index is 0.0678. The van der Waals surface area contributed by atoms with Gasteiger partial charge in [0.15, 0.2) is 0 Å². The standard InChI is InChI=1S/C19H22N2O2/c1-4-13(2)23-15-11-9-14(10-12-15)19(3)20-17-8-6-5-7-16(17)18(22)21-19/h5-13,20H,4H2,1-3H3,(H,21,22). The number of amides is 1. The van der Waals surface area contributed by atoms with Gasteiger partial charge in [-0.3, -0.25) is 4.79 Å². The third-order valence-corrected chi connectivity index (χ3v) is 4.26. The van der Waals surface area contributed by atoms with Crippen LogP contribution in [0.1, 0.15) is 43.1 Å². The topological polar surface area (TPSA) is 50.4 Å². The third kappa shape index (κ3) is 3.02. The van der Waals surface area contributed by atoms with Crippen molar-refractivity contribution < 1.29 is 9.53 Å². The molecule has 2 unspecified atom stereocenters. The van der Waals surface area contributed by atoms with Crippen molar-refractivity contribution in [3.05, 3.63) is 59.7 Å². The van der Waals surface area contributed by atoms with Crippen LogP contribution in [0.25, 0.3) is 0 Å². The zero-order chi connectivity index (χ0) is 16.4. The predicted molar refractivity (Wildman–Crippen MR) is 91.7 cm³/mol. The van der Waals surface area contributed by atoms with E-state index in [0.29, 0.717) is 5.56 Å². The molecule has 0 saturated carbocycles. The van der Waals surface area contributed by atoms with Crippen LogP contribution in [0.15, 0.2) is 48.5 Å². The first-order valence-corrected chi connectivity index (χ1v) is 7.99. The molecule has 0 aromatic heterocycles. The lowest BCUT2D eigenvalue weighted by Gasteiger charge is -2.38. The van der Waals surface area contributed by atoms with Crippen molar-refractivity contribution in [3.8, 4) is 5.75 Å². The number of benzene rings is 2. The Bertz CT molecular complexity index is 712. The van der Waals surface area contributed by atoms with Gasteiger partial charge in [-0.25, -0.2) is 0 Å². The minimum atomic E-state index is -0.639. The molecule has 2 atom stereocenters. The average molecular weight is 310 g/mol. The van der Waals surface area contributed by atoms with Crippen molar-refractivity contribution >= 4 is 11.6 Å². The van der Waals surface area contributed by atoms with Gasteiger partial charge in [0.05, 0.1) is 11.7 Å². The highest BCUT2D eigenvalue weighted by atomic mass is 16.5. The summed E-state index contributed by atoms with van der Waals surface area (Å²) in [5.74, 6) is 0.774. The summed E-state index contributed by atoms with van der Waals surface area (Å²) in [6.07, 6.45) is 1.16. The van der Waals surface area contributed by atoms with E-state index < -0.39 is 5.66 Å². The van der Waals surface area contributed by atoms with Gasteiger partial charge in [0.1, 0.15) is 11.4 Å². The molecule has 0 aliphatic carbocycles. The van der Waals surface area contributed by atoms with Crippen LogP contribution in [-0.4, -0.2) is 12.0 Å². The molecule has 2 aromatic carbocycles. The molecule has 23 heavy (non-hydrogen) atoms. The van der Waals surface area contributed by atoms with Crippen molar-refractivity contribution in [2.75, 3.05) is 5.32 Å². The number of ether oxygens (including phenoxy) is 1. The molecule has 2 N–H and O–H groups in total. The quantitative estimate of drug-likeness (QED) is 0.900. The number of carbonyl (C=O) groups excluding carboxylic acids is 1. The molecule has 0 radical (unpaired) electrons. The predicted octanol–water partition coefficient (Wildman–Crippen LogP) is 3.89. The van der Waals surface area contributed by atoms with E-state index in [1.165, 1.54) is 0 Å². The summed E-state index contributed by atoms with van der Waals surface area (Å²) in [6, 6.07) is 15.4. The molecular weight excluding hydrogens is 288 g/mol. The van der Waals surface area contributed by atoms with Crippen LogP contribution in [0.4, 0.5) is 5.69 Å². The van der Waals surface area contributed by atoms with Crippen LogP contribution in [0.2, 0.25) is 0 Å². The van der Waals surface area contributed by atoms with Crippen LogP contribution in [0.5, 0.6) is 5.75 Å². The minimum Gasteiger partial charge on any atom is -0.491 e. The number of para-hydroxylation sites is 1. The Morgan fingerprint density at radius 2 is 1.78 bits per heavy atom. The Labute approximate surface area is 136 Å². The summed E-state index contributed by atoms with van der Waals surface area (Å²) < 4.78 is 5.81. The number of carbonyl (C=O) groups is 1. The fourth-order valence-corrected chi connectivity index (χ4v) is 2.71. The van der Waals surface area contributed by atoms with Gasteiger partial charge in [0.2, 0.25) is 0 Å². The Morgan fingerprint density at radius 1 is 1.09 bits per heavy atom. The number of anilines is 1. The van der Waals surface area contributed by atoms with Gasteiger partial charge in [-0.2, -0.15) is 0 Å². The van der Waals surface area contributed by atoms with E-state index in [4.69, 9.17) is 4.74 Å². The summed E-state index contributed by atoms with van der Waals surface area (Å²) in [5.41, 5.74) is 1.86. The van der Waals surface area contributed by atoms with Crippen molar-refractivity contribution in [3.63, 3.8) is 0 Å². The van der Waals surface area contributed by atoms with Crippen LogP contribution >= 0.6 is 0 Å². The Morgan fingerprint density at radius 3 is 2.48 bits per heavy atom. The molecule has 4 heteroatoms.